The van der Waals surface area contributed by atoms with E-state index in [1.807, 2.05) is 0 Å². The predicted octanol–water partition coefficient (Wildman–Crippen LogP) is -1.29. The summed E-state index contributed by atoms with van der Waals surface area (Å²) in [6.07, 6.45) is 0. The molecule has 8 aromatic carbocycles. The molecule has 82 heavy (non-hydrogen) atoms. The third-order valence-electron chi connectivity index (χ3n) is 11.0. The SMILES string of the molecule is Nc1cc(NCC(=O)[O-])ccc1N=Nc1ccc2cc(S(=O)(=O)[O-])c(N=Nc3ccc(Nc4ccc(N=Nc5c(S(=O)(=O)O)cc6ccc(N=Nc7ccc(NCC(=O)[O-])cc7N)cc6c5O)c(S(=O)(=O)O)c4)cc3)c(O)c2c1.[Na+].[Na+].[Na+]. The van der Waals surface area contributed by atoms with E-state index in [9.17, 15) is 68.9 Å². The Morgan fingerprint density at radius 3 is 1.29 bits per heavy atom. The minimum absolute atomic E-state index is 0. The number of fused-ring (bicyclic) bond motifs is 2. The van der Waals surface area contributed by atoms with E-state index in [4.69, 9.17) is 11.5 Å². The fraction of sp³-hybridized carbons (Fsp3) is 0.0417. The third kappa shape index (κ3) is 16.4. The fourth-order valence-electron chi connectivity index (χ4n) is 7.32. The number of carbonyl (C=O) groups is 2. The molecule has 0 aliphatic heterocycles. The first-order chi connectivity index (χ1) is 37.3. The average molecular weight is 1200 g/mol. The zero-order valence-electron chi connectivity index (χ0n) is 42.8. The van der Waals surface area contributed by atoms with Crippen LogP contribution >= 0.6 is 0 Å². The smallest absolute Gasteiger partial charge is 0.744 e. The average Bonchev–Trinajstić information content (AvgIpc) is 3.59. The molecule has 11 N–H and O–H groups in total. The molecule has 8 rings (SSSR count). The summed E-state index contributed by atoms with van der Waals surface area (Å²) in [5, 5.41) is 84.2. The number of hydrogen-bond acceptors (Lipinski definition) is 26. The zero-order chi connectivity index (χ0) is 57.0. The summed E-state index contributed by atoms with van der Waals surface area (Å²) >= 11 is 0. The number of rotatable bonds is 19. The minimum Gasteiger partial charge on any atom is -0.744 e. The van der Waals surface area contributed by atoms with Crippen molar-refractivity contribution >= 4 is 143 Å². The number of aliphatic carboxylic acids is 2. The van der Waals surface area contributed by atoms with Crippen LogP contribution in [0.4, 0.5) is 79.6 Å². The summed E-state index contributed by atoms with van der Waals surface area (Å²) in [7, 11) is -15.5. The molecule has 0 unspecified atom stereocenters. The number of anilines is 6. The molecule has 0 aliphatic rings. The molecule has 0 spiro atoms. The molecule has 0 heterocycles. The summed E-state index contributed by atoms with van der Waals surface area (Å²) in [5.74, 6) is -4.26. The van der Waals surface area contributed by atoms with E-state index in [0.717, 1.165) is 24.3 Å². The maximum absolute atomic E-state index is 12.7. The first-order valence-corrected chi connectivity index (χ1v) is 26.4. The Morgan fingerprint density at radius 2 is 0.841 bits per heavy atom. The van der Waals surface area contributed by atoms with E-state index in [1.54, 1.807) is 0 Å². The summed E-state index contributed by atoms with van der Waals surface area (Å²) in [5.41, 5.74) is 12.0. The molecule has 0 atom stereocenters. The van der Waals surface area contributed by atoms with Crippen molar-refractivity contribution in [3.63, 3.8) is 0 Å². The third-order valence-corrected chi connectivity index (χ3v) is 13.6. The minimum atomic E-state index is -5.25. The van der Waals surface area contributed by atoms with Gasteiger partial charge in [-0.15, -0.1) is 25.6 Å². The van der Waals surface area contributed by atoms with E-state index in [1.165, 1.54) is 103 Å². The molecular formula is C48H36N13Na3O15S3. The Morgan fingerprint density at radius 1 is 0.451 bits per heavy atom. The number of nitrogens with two attached hydrogens (primary N) is 2. The van der Waals surface area contributed by atoms with Gasteiger partial charge in [0.1, 0.15) is 48.3 Å². The number of phenols is 2. The van der Waals surface area contributed by atoms with Crippen LogP contribution in [0.2, 0.25) is 0 Å². The molecule has 0 bridgehead atoms. The van der Waals surface area contributed by atoms with Crippen LogP contribution < -0.4 is 126 Å². The second-order valence-corrected chi connectivity index (χ2v) is 20.6. The quantitative estimate of drug-likeness (QED) is 0.0197. The number of nitrogens with one attached hydrogen (secondary N) is 3. The molecule has 0 saturated heterocycles. The van der Waals surface area contributed by atoms with Crippen LogP contribution in [0.5, 0.6) is 11.5 Å². The number of carboxylic acid groups (broad SMARTS) is 2. The number of hydrogen-bond donors (Lipinski definition) is 9. The van der Waals surface area contributed by atoms with Crippen LogP contribution in [-0.2, 0) is 39.9 Å². The van der Waals surface area contributed by atoms with Crippen LogP contribution in [0, 0.1) is 0 Å². The molecule has 0 aromatic heterocycles. The van der Waals surface area contributed by atoms with Crippen molar-refractivity contribution in [1.82, 2.24) is 0 Å². The Bertz CT molecular complexity index is 4300. The van der Waals surface area contributed by atoms with Crippen LogP contribution in [-0.4, -0.2) is 74.2 Å². The van der Waals surface area contributed by atoms with Crippen molar-refractivity contribution in [1.29, 1.82) is 0 Å². The predicted molar refractivity (Wildman–Crippen MR) is 280 cm³/mol. The number of nitrogens with zero attached hydrogens (tertiary/aromatic N) is 8. The van der Waals surface area contributed by atoms with Crippen molar-refractivity contribution in [2.24, 2.45) is 40.9 Å². The van der Waals surface area contributed by atoms with E-state index >= 15 is 0 Å². The van der Waals surface area contributed by atoms with Crippen LogP contribution in [0.1, 0.15) is 0 Å². The molecule has 8 aromatic rings. The van der Waals surface area contributed by atoms with Gasteiger partial charge in [-0.1, -0.05) is 12.1 Å². The second-order valence-electron chi connectivity index (χ2n) is 16.5. The van der Waals surface area contributed by atoms with Crippen LogP contribution in [0.3, 0.4) is 0 Å². The van der Waals surface area contributed by atoms with Gasteiger partial charge in [0.2, 0.25) is 0 Å². The number of nitrogen functional groups attached to an aromatic ring is 2. The normalized spacial score (nSPS) is 11.9. The Kier molecular flexibility index (Phi) is 21.9. The first-order valence-electron chi connectivity index (χ1n) is 22.2. The van der Waals surface area contributed by atoms with Crippen molar-refractivity contribution in [3.8, 4) is 11.5 Å². The van der Waals surface area contributed by atoms with Gasteiger partial charge >= 0.3 is 88.7 Å². The molecule has 0 fully saturated rings. The van der Waals surface area contributed by atoms with Gasteiger partial charge in [0.25, 0.3) is 20.2 Å². The molecule has 28 nitrogen and oxygen atoms in total. The van der Waals surface area contributed by atoms with Crippen LogP contribution in [0.25, 0.3) is 21.5 Å². The molecule has 0 amide bonds. The molecule has 404 valence electrons. The van der Waals surface area contributed by atoms with Crippen LogP contribution in [0.15, 0.2) is 183 Å². The van der Waals surface area contributed by atoms with Gasteiger partial charge in [0, 0.05) is 33.5 Å². The molecular weight excluding hydrogens is 1160 g/mol. The first kappa shape index (κ1) is 65.8. The van der Waals surface area contributed by atoms with E-state index in [-0.39, 0.29) is 161 Å². The Hall–Kier alpha value is -7.05. The topological polar surface area (TPSA) is 474 Å². The fourth-order valence-corrected chi connectivity index (χ4v) is 9.27. The summed E-state index contributed by atoms with van der Waals surface area (Å²) < 4.78 is 108. The summed E-state index contributed by atoms with van der Waals surface area (Å²) in [6, 6.07) is 27.7. The van der Waals surface area contributed by atoms with Gasteiger partial charge in [0.05, 0.1) is 58.4 Å². The van der Waals surface area contributed by atoms with Gasteiger partial charge in [-0.05, 0) is 126 Å². The van der Waals surface area contributed by atoms with Crippen molar-refractivity contribution < 1.29 is 158 Å². The second kappa shape index (κ2) is 27.4. The standard InChI is InChI=1S/C48H39N13O15S3.3Na/c49-35-19-28(51-22-43(62)63)9-12-37(35)57-55-31-3-1-24-15-41(78(71,72)73)45(47(66)33(24)17-31)60-54-27-7-5-26(6-8-27)53-30-11-14-39(40(21-30)77(68,69)70)59-61-46-42(79(74,75)76)16-25-2-4-32(18-34(25)48(46)67)56-58-38-13-10-29(20-36(38)50)52-23-44(64)65;;;/h1-21,51-53,66-67H,22-23,49-50H2,(H,62,63)(H,64,65)(H,68,69,70)(H,71,72,73)(H,74,75,76);;;/q;3*+1/p-3. The van der Waals surface area contributed by atoms with E-state index < -0.39 is 98.6 Å². The summed E-state index contributed by atoms with van der Waals surface area (Å²) in [6.45, 7) is -0.931. The van der Waals surface area contributed by atoms with Gasteiger partial charge in [0.15, 0.2) is 11.5 Å². The number of phenolic OH excluding ortho intramolecular Hbond substituents is 2. The van der Waals surface area contributed by atoms with Crippen molar-refractivity contribution in [2.75, 3.05) is 40.5 Å². The largest absolute Gasteiger partial charge is 1.00 e. The van der Waals surface area contributed by atoms with Gasteiger partial charge < -0.3 is 62.0 Å². The van der Waals surface area contributed by atoms with Crippen molar-refractivity contribution in [3.05, 3.63) is 127 Å². The van der Waals surface area contributed by atoms with E-state index in [0.29, 0.717) is 11.4 Å². The number of carboxylic acids is 2. The Balaban J connectivity index is 0.00000411. The molecule has 0 radical (unpaired) electrons. The maximum Gasteiger partial charge on any atom is 1.00 e. The van der Waals surface area contributed by atoms with Gasteiger partial charge in [-0.2, -0.15) is 32.2 Å². The number of aromatic hydroxyl groups is 2. The molecule has 34 heteroatoms. The zero-order valence-corrected chi connectivity index (χ0v) is 51.2. The number of benzene rings is 8. The summed E-state index contributed by atoms with van der Waals surface area (Å²) in [4.78, 5) is 18.9. The molecule has 0 saturated carbocycles. The van der Waals surface area contributed by atoms with Gasteiger partial charge in [-0.3, -0.25) is 9.11 Å². The van der Waals surface area contributed by atoms with Crippen molar-refractivity contribution in [2.45, 2.75) is 14.7 Å². The number of azo groups is 4. The van der Waals surface area contributed by atoms with E-state index in [2.05, 4.69) is 56.9 Å². The maximum atomic E-state index is 12.7. The Labute approximate surface area is 530 Å². The van der Waals surface area contributed by atoms with Gasteiger partial charge in [-0.25, -0.2) is 8.42 Å². The monoisotopic (exact) mass is 1200 g/mol. The molecule has 0 aliphatic carbocycles. The number of carbonyl (C=O) groups excluding carboxylic acids is 2.